The van der Waals surface area contributed by atoms with Crippen LogP contribution in [0, 0.1) is 5.92 Å². The molecule has 1 aromatic carbocycles. The van der Waals surface area contributed by atoms with E-state index in [0.29, 0.717) is 12.5 Å². The van der Waals surface area contributed by atoms with Crippen molar-refractivity contribution in [3.05, 3.63) is 29.8 Å². The summed E-state index contributed by atoms with van der Waals surface area (Å²) in [5.74, 6) is 1.60. The second-order valence-corrected chi connectivity index (χ2v) is 4.58. The minimum absolute atomic E-state index is 0.183. The fourth-order valence-corrected chi connectivity index (χ4v) is 2.57. The maximum absolute atomic E-state index is 6.31. The highest BCUT2D eigenvalue weighted by Crippen LogP contribution is 2.34. The molecule has 16 heavy (non-hydrogen) atoms. The summed E-state index contributed by atoms with van der Waals surface area (Å²) < 4.78 is 5.50. The summed E-state index contributed by atoms with van der Waals surface area (Å²) in [5.41, 5.74) is 7.53. The zero-order chi connectivity index (χ0) is 11.4. The minimum Gasteiger partial charge on any atom is -0.494 e. The first-order valence-electron chi connectivity index (χ1n) is 6.29. The van der Waals surface area contributed by atoms with Crippen molar-refractivity contribution in [2.45, 2.75) is 38.6 Å². The summed E-state index contributed by atoms with van der Waals surface area (Å²) in [5, 5.41) is 0. The molecular weight excluding hydrogens is 198 g/mol. The predicted molar refractivity (Wildman–Crippen MR) is 66.5 cm³/mol. The normalized spacial score (nSPS) is 18.6. The van der Waals surface area contributed by atoms with Gasteiger partial charge < -0.3 is 10.5 Å². The van der Waals surface area contributed by atoms with Gasteiger partial charge in [0.1, 0.15) is 5.75 Å². The van der Waals surface area contributed by atoms with E-state index in [-0.39, 0.29) is 6.04 Å². The van der Waals surface area contributed by atoms with Gasteiger partial charge in [0.2, 0.25) is 0 Å². The Hall–Kier alpha value is -1.02. The van der Waals surface area contributed by atoms with Crippen LogP contribution in [0.25, 0.3) is 0 Å². The van der Waals surface area contributed by atoms with E-state index in [9.17, 15) is 0 Å². The maximum Gasteiger partial charge on any atom is 0.119 e. The van der Waals surface area contributed by atoms with E-state index in [0.717, 1.165) is 5.75 Å². The lowest BCUT2D eigenvalue weighted by molar-refractivity contribution is 0.339. The molecule has 88 valence electrons. The van der Waals surface area contributed by atoms with Crippen molar-refractivity contribution in [2.75, 3.05) is 6.61 Å². The molecule has 1 saturated carbocycles. The van der Waals surface area contributed by atoms with Gasteiger partial charge in [-0.1, -0.05) is 25.0 Å². The first-order chi connectivity index (χ1) is 7.81. The van der Waals surface area contributed by atoms with Crippen LogP contribution in [0.4, 0.5) is 0 Å². The molecule has 0 spiro atoms. The topological polar surface area (TPSA) is 35.2 Å². The van der Waals surface area contributed by atoms with Gasteiger partial charge in [-0.2, -0.15) is 0 Å². The van der Waals surface area contributed by atoms with Crippen LogP contribution in [0.2, 0.25) is 0 Å². The Bertz CT molecular complexity index is 331. The highest BCUT2D eigenvalue weighted by molar-refractivity contribution is 5.30. The maximum atomic E-state index is 6.31. The molecule has 1 aromatic rings. The lowest BCUT2D eigenvalue weighted by Crippen LogP contribution is -2.19. The van der Waals surface area contributed by atoms with E-state index >= 15 is 0 Å². The van der Waals surface area contributed by atoms with Crippen molar-refractivity contribution in [1.82, 2.24) is 0 Å². The quantitative estimate of drug-likeness (QED) is 0.843. The highest BCUT2D eigenvalue weighted by atomic mass is 16.5. The van der Waals surface area contributed by atoms with E-state index in [1.165, 1.54) is 31.2 Å². The second kappa shape index (κ2) is 5.35. The van der Waals surface area contributed by atoms with E-state index in [1.807, 2.05) is 19.1 Å². The molecule has 1 atom stereocenters. The summed E-state index contributed by atoms with van der Waals surface area (Å²) in [4.78, 5) is 0. The van der Waals surface area contributed by atoms with Crippen LogP contribution in [-0.4, -0.2) is 6.61 Å². The Kier molecular flexibility index (Phi) is 3.83. The van der Waals surface area contributed by atoms with E-state index in [2.05, 4.69) is 12.1 Å². The highest BCUT2D eigenvalue weighted by Gasteiger charge is 2.23. The van der Waals surface area contributed by atoms with Crippen molar-refractivity contribution >= 4 is 0 Å². The van der Waals surface area contributed by atoms with Crippen LogP contribution in [0.3, 0.4) is 0 Å². The number of benzene rings is 1. The van der Waals surface area contributed by atoms with Crippen LogP contribution >= 0.6 is 0 Å². The lowest BCUT2D eigenvalue weighted by atomic mass is 9.92. The van der Waals surface area contributed by atoms with E-state index in [4.69, 9.17) is 10.5 Å². The molecular formula is C14H21NO. The minimum atomic E-state index is 0.183. The first-order valence-corrected chi connectivity index (χ1v) is 6.29. The fourth-order valence-electron chi connectivity index (χ4n) is 2.57. The molecule has 0 radical (unpaired) electrons. The van der Waals surface area contributed by atoms with Crippen LogP contribution in [0.15, 0.2) is 24.3 Å². The van der Waals surface area contributed by atoms with Crippen molar-refractivity contribution in [3.8, 4) is 5.75 Å². The smallest absolute Gasteiger partial charge is 0.119 e. The monoisotopic (exact) mass is 219 g/mol. The molecule has 1 aliphatic carbocycles. The molecule has 0 saturated heterocycles. The molecule has 1 fully saturated rings. The Morgan fingerprint density at radius 1 is 1.38 bits per heavy atom. The first kappa shape index (κ1) is 11.5. The molecule has 2 N–H and O–H groups in total. The van der Waals surface area contributed by atoms with Crippen molar-refractivity contribution in [2.24, 2.45) is 11.7 Å². The van der Waals surface area contributed by atoms with Crippen LogP contribution in [0.5, 0.6) is 5.75 Å². The van der Waals surface area contributed by atoms with Crippen molar-refractivity contribution in [3.63, 3.8) is 0 Å². The number of hydrogen-bond acceptors (Lipinski definition) is 2. The molecule has 1 aliphatic rings. The summed E-state index contributed by atoms with van der Waals surface area (Å²) in [7, 11) is 0. The Balaban J connectivity index is 2.09. The van der Waals surface area contributed by atoms with Gasteiger partial charge in [0.05, 0.1) is 6.61 Å². The second-order valence-electron chi connectivity index (χ2n) is 4.58. The Morgan fingerprint density at radius 3 is 2.81 bits per heavy atom. The van der Waals surface area contributed by atoms with Crippen LogP contribution < -0.4 is 10.5 Å². The lowest BCUT2D eigenvalue weighted by Gasteiger charge is -2.19. The van der Waals surface area contributed by atoms with Crippen molar-refractivity contribution in [1.29, 1.82) is 0 Å². The average molecular weight is 219 g/mol. The summed E-state index contributed by atoms with van der Waals surface area (Å²) in [6.45, 7) is 2.71. The van der Waals surface area contributed by atoms with Gasteiger partial charge >= 0.3 is 0 Å². The van der Waals surface area contributed by atoms with Gasteiger partial charge in [-0.05, 0) is 43.4 Å². The molecule has 0 aromatic heterocycles. The van der Waals surface area contributed by atoms with E-state index in [1.54, 1.807) is 0 Å². The number of rotatable bonds is 4. The fraction of sp³-hybridized carbons (Fsp3) is 0.571. The third-order valence-electron chi connectivity index (χ3n) is 3.46. The third-order valence-corrected chi connectivity index (χ3v) is 3.46. The van der Waals surface area contributed by atoms with Crippen LogP contribution in [-0.2, 0) is 0 Å². The Labute approximate surface area is 97.8 Å². The summed E-state index contributed by atoms with van der Waals surface area (Å²) in [6.07, 6.45) is 5.23. The molecule has 2 nitrogen and oxygen atoms in total. The molecule has 0 heterocycles. The summed E-state index contributed by atoms with van der Waals surface area (Å²) >= 11 is 0. The van der Waals surface area contributed by atoms with Gasteiger partial charge in [-0.15, -0.1) is 0 Å². The zero-order valence-electron chi connectivity index (χ0n) is 9.99. The molecule has 0 aliphatic heterocycles. The van der Waals surface area contributed by atoms with Gasteiger partial charge in [-0.3, -0.25) is 0 Å². The Morgan fingerprint density at radius 2 is 2.12 bits per heavy atom. The number of nitrogens with two attached hydrogens (primary N) is 1. The zero-order valence-corrected chi connectivity index (χ0v) is 9.99. The molecule has 2 heteroatoms. The standard InChI is InChI=1S/C14H21NO/c1-2-16-13-9-5-8-12(10-13)14(15)11-6-3-4-7-11/h5,8-11,14H,2-4,6-7,15H2,1H3/t14-/m0/s1. The predicted octanol–water partition coefficient (Wildman–Crippen LogP) is 3.28. The largest absolute Gasteiger partial charge is 0.494 e. The molecule has 0 bridgehead atoms. The average Bonchev–Trinajstić information content (AvgIpc) is 2.82. The molecule has 0 amide bonds. The molecule has 2 rings (SSSR count). The van der Waals surface area contributed by atoms with Gasteiger partial charge in [0, 0.05) is 6.04 Å². The van der Waals surface area contributed by atoms with Gasteiger partial charge in [0.25, 0.3) is 0 Å². The van der Waals surface area contributed by atoms with Crippen molar-refractivity contribution < 1.29 is 4.74 Å². The number of ether oxygens (including phenoxy) is 1. The summed E-state index contributed by atoms with van der Waals surface area (Å²) in [6, 6.07) is 8.42. The number of hydrogen-bond donors (Lipinski definition) is 1. The SMILES string of the molecule is CCOc1cccc([C@@H](N)C2CCCC2)c1. The van der Waals surface area contributed by atoms with Crippen LogP contribution in [0.1, 0.15) is 44.2 Å². The third kappa shape index (κ3) is 2.56. The van der Waals surface area contributed by atoms with Gasteiger partial charge in [-0.25, -0.2) is 0 Å². The van der Waals surface area contributed by atoms with E-state index < -0.39 is 0 Å². The van der Waals surface area contributed by atoms with Gasteiger partial charge in [0.15, 0.2) is 0 Å². The molecule has 0 unspecified atom stereocenters.